The molecule has 0 saturated carbocycles. The van der Waals surface area contributed by atoms with Crippen molar-refractivity contribution in [1.82, 2.24) is 14.3 Å². The van der Waals surface area contributed by atoms with Crippen molar-refractivity contribution in [3.63, 3.8) is 0 Å². The minimum absolute atomic E-state index is 0.00948. The molecule has 146 valence electrons. The molecule has 1 saturated heterocycles. The highest BCUT2D eigenvalue weighted by atomic mass is 32.2. The van der Waals surface area contributed by atoms with Crippen LogP contribution in [-0.4, -0.2) is 37.1 Å². The van der Waals surface area contributed by atoms with Gasteiger partial charge < -0.3 is 5.32 Å². The Balaban J connectivity index is 2.16. The van der Waals surface area contributed by atoms with Crippen LogP contribution in [0, 0.1) is 6.92 Å². The first-order valence-electron chi connectivity index (χ1n) is 9.02. The number of thiocarbonyl (C=S) groups is 1. The van der Waals surface area contributed by atoms with Crippen LogP contribution in [-0.2, 0) is 4.79 Å². The molecule has 1 aliphatic heterocycles. The lowest BCUT2D eigenvalue weighted by atomic mass is 10.2. The molecule has 0 radical (unpaired) electrons. The molecular formula is C20H22N4O2S2. The van der Waals surface area contributed by atoms with Gasteiger partial charge >= 0.3 is 0 Å². The molecule has 0 aliphatic carbocycles. The van der Waals surface area contributed by atoms with E-state index in [1.54, 1.807) is 29.3 Å². The Bertz CT molecular complexity index is 1060. The predicted octanol–water partition coefficient (Wildman–Crippen LogP) is 3.60. The minimum Gasteiger partial charge on any atom is -0.366 e. The lowest BCUT2D eigenvalue weighted by Gasteiger charge is -2.21. The molecule has 0 unspecified atom stereocenters. The largest absolute Gasteiger partial charge is 0.366 e. The van der Waals surface area contributed by atoms with Crippen LogP contribution in [0.15, 0.2) is 40.7 Å². The van der Waals surface area contributed by atoms with Gasteiger partial charge in [0.25, 0.3) is 11.5 Å². The molecule has 3 heterocycles. The van der Waals surface area contributed by atoms with E-state index in [1.165, 1.54) is 16.2 Å². The monoisotopic (exact) mass is 414 g/mol. The van der Waals surface area contributed by atoms with E-state index in [2.05, 4.69) is 16.9 Å². The van der Waals surface area contributed by atoms with E-state index >= 15 is 0 Å². The third-order valence-electron chi connectivity index (χ3n) is 4.55. The van der Waals surface area contributed by atoms with E-state index in [1.807, 2.05) is 26.8 Å². The van der Waals surface area contributed by atoms with Gasteiger partial charge in [0.05, 0.1) is 10.5 Å². The minimum atomic E-state index is -0.242. The van der Waals surface area contributed by atoms with Gasteiger partial charge in [-0.2, -0.15) is 0 Å². The number of fused-ring (bicyclic) bond motifs is 1. The number of carbonyl (C=O) groups excluding carboxylic acids is 1. The molecule has 3 rings (SSSR count). The number of aromatic nitrogens is 2. The number of anilines is 1. The van der Waals surface area contributed by atoms with Gasteiger partial charge in [-0.05, 0) is 38.0 Å². The Morgan fingerprint density at radius 3 is 2.82 bits per heavy atom. The van der Waals surface area contributed by atoms with E-state index in [4.69, 9.17) is 12.2 Å². The first kappa shape index (κ1) is 20.3. The zero-order valence-electron chi connectivity index (χ0n) is 16.1. The van der Waals surface area contributed by atoms with Crippen molar-refractivity contribution < 1.29 is 4.79 Å². The van der Waals surface area contributed by atoms with Crippen LogP contribution in [0.2, 0.25) is 0 Å². The second-order valence-corrected chi connectivity index (χ2v) is 8.27. The first-order chi connectivity index (χ1) is 13.4. The Kier molecular flexibility index (Phi) is 6.00. The Labute approximate surface area is 173 Å². The maximum atomic E-state index is 13.2. The molecule has 6 nitrogen and oxygen atoms in total. The lowest BCUT2D eigenvalue weighted by molar-refractivity contribution is -0.123. The summed E-state index contributed by atoms with van der Waals surface area (Å²) in [6.07, 6.45) is 5.82. The second kappa shape index (κ2) is 8.28. The Morgan fingerprint density at radius 1 is 1.39 bits per heavy atom. The summed E-state index contributed by atoms with van der Waals surface area (Å²) in [5, 5.41) is 3.10. The van der Waals surface area contributed by atoms with E-state index in [9.17, 15) is 9.59 Å². The molecule has 1 aliphatic rings. The fraction of sp³-hybridized carbons (Fsp3) is 0.300. The highest BCUT2D eigenvalue weighted by Gasteiger charge is 2.35. The third-order valence-corrected chi connectivity index (χ3v) is 5.88. The molecule has 8 heteroatoms. The molecule has 2 aromatic rings. The maximum Gasteiger partial charge on any atom is 0.267 e. The van der Waals surface area contributed by atoms with Gasteiger partial charge in [0.2, 0.25) is 0 Å². The third kappa shape index (κ3) is 3.74. The van der Waals surface area contributed by atoms with Crippen LogP contribution in [0.3, 0.4) is 0 Å². The number of hydrogen-bond donors (Lipinski definition) is 1. The summed E-state index contributed by atoms with van der Waals surface area (Å²) in [7, 11) is 0. The van der Waals surface area contributed by atoms with Crippen molar-refractivity contribution in [2.24, 2.45) is 0 Å². The summed E-state index contributed by atoms with van der Waals surface area (Å²) < 4.78 is 2.01. The zero-order valence-corrected chi connectivity index (χ0v) is 17.7. The standard InChI is InChI=1S/C20H22N4O2S2/c1-5-9-21-17-14(18(25)23-11-12(3)7-8-16(23)22-17)10-15-19(26)24(13(4)6-2)20(27)28-15/h5,7-8,10-11,13,21H,1,6,9H2,2-4H3/b15-10-/t13-/m1/s1. The van der Waals surface area contributed by atoms with Gasteiger partial charge in [0, 0.05) is 18.8 Å². The average Bonchev–Trinajstić information content (AvgIpc) is 2.95. The van der Waals surface area contributed by atoms with Gasteiger partial charge in [-0.1, -0.05) is 43.0 Å². The number of pyridine rings is 1. The van der Waals surface area contributed by atoms with Crippen LogP contribution in [0.4, 0.5) is 5.82 Å². The average molecular weight is 415 g/mol. The molecule has 0 aromatic carbocycles. The van der Waals surface area contributed by atoms with Crippen LogP contribution >= 0.6 is 24.0 Å². The smallest absolute Gasteiger partial charge is 0.267 e. The van der Waals surface area contributed by atoms with Crippen molar-refractivity contribution in [2.75, 3.05) is 11.9 Å². The van der Waals surface area contributed by atoms with Crippen molar-refractivity contribution >= 4 is 51.7 Å². The molecule has 1 atom stereocenters. The Hall–Kier alpha value is -2.45. The summed E-state index contributed by atoms with van der Waals surface area (Å²) >= 11 is 6.60. The summed E-state index contributed by atoms with van der Waals surface area (Å²) in [5.74, 6) is 0.246. The molecule has 0 spiro atoms. The number of amides is 1. The molecule has 28 heavy (non-hydrogen) atoms. The van der Waals surface area contributed by atoms with Crippen LogP contribution < -0.4 is 10.9 Å². The molecule has 1 amide bonds. The van der Waals surface area contributed by atoms with E-state index in [-0.39, 0.29) is 17.5 Å². The number of nitrogens with one attached hydrogen (secondary N) is 1. The molecule has 1 N–H and O–H groups in total. The van der Waals surface area contributed by atoms with Gasteiger partial charge in [0.1, 0.15) is 15.8 Å². The number of nitrogens with zero attached hydrogens (tertiary/aromatic N) is 3. The lowest BCUT2D eigenvalue weighted by Crippen LogP contribution is -2.36. The number of hydrogen-bond acceptors (Lipinski definition) is 6. The number of thioether (sulfide) groups is 1. The molecule has 1 fully saturated rings. The molecular weight excluding hydrogens is 392 g/mol. The molecule has 0 bridgehead atoms. The van der Waals surface area contributed by atoms with Gasteiger partial charge in [-0.15, -0.1) is 6.58 Å². The van der Waals surface area contributed by atoms with Crippen LogP contribution in [0.25, 0.3) is 11.7 Å². The van der Waals surface area contributed by atoms with Crippen molar-refractivity contribution in [3.05, 3.63) is 57.4 Å². The summed E-state index contributed by atoms with van der Waals surface area (Å²) in [5.41, 5.74) is 1.56. The van der Waals surface area contributed by atoms with Crippen LogP contribution in [0.5, 0.6) is 0 Å². The normalized spacial score (nSPS) is 16.8. The second-order valence-electron chi connectivity index (χ2n) is 6.59. The number of aryl methyl sites for hydroxylation is 1. The van der Waals surface area contributed by atoms with Crippen molar-refractivity contribution in [3.8, 4) is 0 Å². The van der Waals surface area contributed by atoms with Crippen molar-refractivity contribution in [2.45, 2.75) is 33.2 Å². The highest BCUT2D eigenvalue weighted by Crippen LogP contribution is 2.34. The van der Waals surface area contributed by atoms with E-state index in [0.717, 1.165) is 12.0 Å². The number of rotatable bonds is 6. The highest BCUT2D eigenvalue weighted by molar-refractivity contribution is 8.26. The first-order valence-corrected chi connectivity index (χ1v) is 10.2. The fourth-order valence-electron chi connectivity index (χ4n) is 2.87. The van der Waals surface area contributed by atoms with E-state index in [0.29, 0.717) is 32.8 Å². The summed E-state index contributed by atoms with van der Waals surface area (Å²) in [6, 6.07) is 3.70. The predicted molar refractivity (Wildman–Crippen MR) is 120 cm³/mol. The number of carbonyl (C=O) groups is 1. The van der Waals surface area contributed by atoms with Gasteiger partial charge in [0.15, 0.2) is 0 Å². The van der Waals surface area contributed by atoms with Crippen LogP contribution in [0.1, 0.15) is 31.4 Å². The zero-order chi connectivity index (χ0) is 20.4. The summed E-state index contributed by atoms with van der Waals surface area (Å²) in [4.78, 5) is 32.6. The Morgan fingerprint density at radius 2 is 2.14 bits per heavy atom. The quantitative estimate of drug-likeness (QED) is 0.443. The maximum absolute atomic E-state index is 13.2. The van der Waals surface area contributed by atoms with Gasteiger partial charge in [-0.25, -0.2) is 4.98 Å². The van der Waals surface area contributed by atoms with Gasteiger partial charge in [-0.3, -0.25) is 18.9 Å². The molecule has 2 aromatic heterocycles. The van der Waals surface area contributed by atoms with Crippen molar-refractivity contribution in [1.29, 1.82) is 0 Å². The topological polar surface area (TPSA) is 66.7 Å². The fourth-order valence-corrected chi connectivity index (χ4v) is 4.31. The summed E-state index contributed by atoms with van der Waals surface area (Å²) in [6.45, 7) is 10.0. The SMILES string of the molecule is C=CCNc1nc2ccc(C)cn2c(=O)c1/C=C1\SC(=S)N([C@H](C)CC)C1=O. The van der Waals surface area contributed by atoms with E-state index < -0.39 is 0 Å².